The van der Waals surface area contributed by atoms with E-state index in [0.717, 1.165) is 22.4 Å². The van der Waals surface area contributed by atoms with Gasteiger partial charge in [-0.1, -0.05) is 63.2 Å². The normalized spacial score (nSPS) is 18.7. The third kappa shape index (κ3) is 4.24. The van der Waals surface area contributed by atoms with Crippen molar-refractivity contribution in [2.75, 3.05) is 0 Å². The molecule has 2 aromatic carbocycles. The maximum Gasteiger partial charge on any atom is 0.501 e. The molecule has 1 unspecified atom stereocenters. The van der Waals surface area contributed by atoms with E-state index in [9.17, 15) is 9.59 Å². The second kappa shape index (κ2) is 8.12. The summed E-state index contributed by atoms with van der Waals surface area (Å²) in [5.41, 5.74) is 6.52. The van der Waals surface area contributed by atoms with Crippen LogP contribution in [0, 0.1) is 13.8 Å². The zero-order valence-electron chi connectivity index (χ0n) is 18.8. The average molecular weight is 434 g/mol. The van der Waals surface area contributed by atoms with Crippen LogP contribution in [0.5, 0.6) is 0 Å². The lowest BCUT2D eigenvalue weighted by Gasteiger charge is -2.25. The van der Waals surface area contributed by atoms with Crippen molar-refractivity contribution < 1.29 is 14.2 Å². The third-order valence-electron chi connectivity index (χ3n) is 6.06. The van der Waals surface area contributed by atoms with Crippen molar-refractivity contribution in [2.24, 2.45) is 0 Å². The zero-order valence-corrected chi connectivity index (χ0v) is 19.6. The molecule has 5 heteroatoms. The first-order valence-corrected chi connectivity index (χ1v) is 11.6. The quantitative estimate of drug-likeness (QED) is 0.611. The third-order valence-corrected chi connectivity index (χ3v) is 7.07. The van der Waals surface area contributed by atoms with Gasteiger partial charge < -0.3 is 0 Å². The molecule has 0 aromatic heterocycles. The number of thioether (sulfide) groups is 1. The Bertz CT molecular complexity index is 1110. The van der Waals surface area contributed by atoms with Crippen LogP contribution in [0.2, 0.25) is 0 Å². The molecule has 0 fully saturated rings. The summed E-state index contributed by atoms with van der Waals surface area (Å²) in [4.78, 5) is 28.0. The van der Waals surface area contributed by atoms with Crippen LogP contribution in [-0.2, 0) is 23.3 Å². The fourth-order valence-corrected chi connectivity index (χ4v) is 4.90. The molecule has 2 aromatic rings. The second-order valence-electron chi connectivity index (χ2n) is 9.40. The minimum absolute atomic E-state index is 0.0829. The predicted octanol–water partition coefficient (Wildman–Crippen LogP) is 5.35. The van der Waals surface area contributed by atoms with Crippen molar-refractivity contribution in [3.05, 3.63) is 81.8 Å². The molecular formula is C26H29N2O2S+. The van der Waals surface area contributed by atoms with Crippen LogP contribution in [-0.4, -0.2) is 32.4 Å². The van der Waals surface area contributed by atoms with Gasteiger partial charge in [0, 0.05) is 0 Å². The van der Waals surface area contributed by atoms with Crippen molar-refractivity contribution in [1.29, 1.82) is 0 Å². The Kier molecular flexibility index (Phi) is 5.65. The number of amides is 3. The lowest BCUT2D eigenvalue weighted by molar-refractivity contribution is -0.455. The van der Waals surface area contributed by atoms with Crippen molar-refractivity contribution in [3.63, 3.8) is 0 Å². The van der Waals surface area contributed by atoms with Crippen molar-refractivity contribution in [3.8, 4) is 0 Å². The second-order valence-corrected chi connectivity index (χ2v) is 10.4. The number of allylic oxidation sites excluding steroid dienone is 1. The van der Waals surface area contributed by atoms with Gasteiger partial charge in [0.05, 0.1) is 0 Å². The first-order valence-electron chi connectivity index (χ1n) is 10.6. The van der Waals surface area contributed by atoms with E-state index in [4.69, 9.17) is 0 Å². The molecule has 0 saturated carbocycles. The molecule has 0 bridgehead atoms. The van der Waals surface area contributed by atoms with E-state index >= 15 is 0 Å². The molecule has 3 amide bonds. The molecule has 4 nitrogen and oxygen atoms in total. The number of nitrogens with zero attached hydrogens (tertiary/aromatic N) is 2. The van der Waals surface area contributed by atoms with Crippen LogP contribution < -0.4 is 0 Å². The van der Waals surface area contributed by atoms with E-state index < -0.39 is 0 Å². The lowest BCUT2D eigenvalue weighted by atomic mass is 9.87. The summed E-state index contributed by atoms with van der Waals surface area (Å²) in [5, 5.41) is 1.57. The Balaban J connectivity index is 1.63. The molecule has 1 atom stereocenters. The highest BCUT2D eigenvalue weighted by molar-refractivity contribution is 8.04. The number of benzene rings is 2. The van der Waals surface area contributed by atoms with Gasteiger partial charge >= 0.3 is 11.9 Å². The van der Waals surface area contributed by atoms with E-state index in [1.54, 1.807) is 4.58 Å². The van der Waals surface area contributed by atoms with E-state index in [0.29, 0.717) is 13.1 Å². The summed E-state index contributed by atoms with van der Waals surface area (Å²) in [6.07, 6.45) is 1.90. The van der Waals surface area contributed by atoms with Gasteiger partial charge in [0.2, 0.25) is 0 Å². The molecule has 2 heterocycles. The summed E-state index contributed by atoms with van der Waals surface area (Å²) in [6, 6.07) is 14.3. The molecular weight excluding hydrogens is 404 g/mol. The van der Waals surface area contributed by atoms with Crippen LogP contribution in [0.3, 0.4) is 0 Å². The van der Waals surface area contributed by atoms with Crippen LogP contribution >= 0.6 is 11.8 Å². The number of imide groups is 1. The van der Waals surface area contributed by atoms with Crippen LogP contribution in [0.1, 0.15) is 48.6 Å². The average Bonchev–Trinajstić information content (AvgIpc) is 3.21. The minimum atomic E-state index is -0.349. The zero-order chi connectivity index (χ0) is 22.3. The maximum atomic E-state index is 13.4. The minimum Gasteiger partial charge on any atom is -0.245 e. The summed E-state index contributed by atoms with van der Waals surface area (Å²) in [5.74, 6) is -0.132. The number of urea groups is 1. The van der Waals surface area contributed by atoms with E-state index in [1.807, 2.05) is 23.6 Å². The molecule has 0 aliphatic carbocycles. The Morgan fingerprint density at radius 3 is 2.29 bits per heavy atom. The van der Waals surface area contributed by atoms with Gasteiger partial charge in [-0.25, -0.2) is 4.79 Å². The number of hydrogen-bond donors (Lipinski definition) is 0. The standard InChI is InChI=1S/C26H29N2O2S/c1-17-6-7-20(14-18(17)2)16-28-24(29)23-22(12-13-31-23)27(25(28)30)15-19-8-10-21(11-9-19)26(3,4)5/h6-14,23H,15-16H2,1-5H3/q+1. The predicted molar refractivity (Wildman–Crippen MR) is 126 cm³/mol. The van der Waals surface area contributed by atoms with Gasteiger partial charge in [0.25, 0.3) is 0 Å². The largest absolute Gasteiger partial charge is 0.501 e. The molecule has 31 heavy (non-hydrogen) atoms. The number of aryl methyl sites for hydroxylation is 2. The maximum absolute atomic E-state index is 13.4. The summed E-state index contributed by atoms with van der Waals surface area (Å²) >= 11 is 1.47. The molecule has 2 aliphatic rings. The molecule has 0 saturated heterocycles. The summed E-state index contributed by atoms with van der Waals surface area (Å²) in [6.45, 7) is 11.4. The highest BCUT2D eigenvalue weighted by Crippen LogP contribution is 2.30. The SMILES string of the molecule is Cc1ccc(CN2C(=O)C3SC=CC3=[N+](Cc3ccc(C(C)(C)C)cc3)C2=O)cc1C. The van der Waals surface area contributed by atoms with E-state index in [2.05, 4.69) is 65.0 Å². The smallest absolute Gasteiger partial charge is 0.245 e. The fraction of sp³-hybridized carbons (Fsp3) is 0.346. The highest BCUT2D eigenvalue weighted by atomic mass is 32.2. The van der Waals surface area contributed by atoms with Gasteiger partial charge in [0.1, 0.15) is 18.8 Å². The Morgan fingerprint density at radius 1 is 0.968 bits per heavy atom. The monoisotopic (exact) mass is 433 g/mol. The number of rotatable bonds is 4. The summed E-state index contributed by atoms with van der Waals surface area (Å²) in [7, 11) is 0. The fourth-order valence-electron chi connectivity index (χ4n) is 3.93. The molecule has 4 rings (SSSR count). The molecule has 160 valence electrons. The van der Waals surface area contributed by atoms with E-state index in [-0.39, 0.29) is 22.6 Å². The molecule has 0 N–H and O–H groups in total. The lowest BCUT2D eigenvalue weighted by Crippen LogP contribution is -2.54. The molecule has 0 spiro atoms. The highest BCUT2D eigenvalue weighted by Gasteiger charge is 2.48. The van der Waals surface area contributed by atoms with Crippen molar-refractivity contribution in [1.82, 2.24) is 4.90 Å². The first-order chi connectivity index (χ1) is 14.6. The van der Waals surface area contributed by atoms with Gasteiger partial charge in [-0.05, 0) is 58.6 Å². The Hall–Kier alpha value is -2.66. The molecule has 0 radical (unpaired) electrons. The first kappa shape index (κ1) is 21.6. The number of fused-ring (bicyclic) bond motifs is 1. The number of carbonyl (C=O) groups excluding carboxylic acids is 2. The Labute approximate surface area is 188 Å². The number of hydrogen-bond acceptors (Lipinski definition) is 3. The number of carbonyl (C=O) groups is 2. The van der Waals surface area contributed by atoms with Crippen LogP contribution in [0.15, 0.2) is 53.9 Å². The van der Waals surface area contributed by atoms with Crippen LogP contribution in [0.25, 0.3) is 0 Å². The topological polar surface area (TPSA) is 40.4 Å². The van der Waals surface area contributed by atoms with Crippen molar-refractivity contribution in [2.45, 2.75) is 58.4 Å². The van der Waals surface area contributed by atoms with Crippen LogP contribution in [0.4, 0.5) is 4.79 Å². The molecule has 2 aliphatic heterocycles. The van der Waals surface area contributed by atoms with Gasteiger partial charge in [-0.2, -0.15) is 14.3 Å². The van der Waals surface area contributed by atoms with Gasteiger partial charge in [-0.3, -0.25) is 0 Å². The van der Waals surface area contributed by atoms with Gasteiger partial charge in [-0.15, -0.1) is 11.8 Å². The van der Waals surface area contributed by atoms with Gasteiger partial charge in [0.15, 0.2) is 5.25 Å². The van der Waals surface area contributed by atoms with E-state index in [1.165, 1.54) is 27.8 Å². The summed E-state index contributed by atoms with van der Waals surface area (Å²) < 4.78 is 1.76. The Morgan fingerprint density at radius 2 is 1.65 bits per heavy atom. The van der Waals surface area contributed by atoms with Crippen molar-refractivity contribution >= 4 is 29.4 Å².